The number of nitrogen functional groups attached to an aromatic ring is 1. The van der Waals surface area contributed by atoms with Gasteiger partial charge in [0.2, 0.25) is 10.0 Å². The van der Waals surface area contributed by atoms with Gasteiger partial charge in [-0.15, -0.1) is 0 Å². The average molecular weight is 623 g/mol. The number of anilines is 1. The first-order chi connectivity index (χ1) is 21.1. The molecule has 0 aliphatic heterocycles. The monoisotopic (exact) mass is 622 g/mol. The van der Waals surface area contributed by atoms with Crippen LogP contribution in [0.15, 0.2) is 89.8 Å². The quantitative estimate of drug-likeness (QED) is 0.138. The molecule has 1 aliphatic carbocycles. The van der Waals surface area contributed by atoms with Crippen LogP contribution in [0.4, 0.5) is 5.69 Å². The summed E-state index contributed by atoms with van der Waals surface area (Å²) in [6.07, 6.45) is 4.64. The van der Waals surface area contributed by atoms with Crippen molar-refractivity contribution in [3.63, 3.8) is 0 Å². The molecule has 5 rings (SSSR count). The molecule has 1 fully saturated rings. The van der Waals surface area contributed by atoms with Gasteiger partial charge in [-0.1, -0.05) is 66.9 Å². The van der Waals surface area contributed by atoms with Gasteiger partial charge in [-0.25, -0.2) is 8.42 Å². The van der Waals surface area contributed by atoms with Crippen LogP contribution >= 0.6 is 0 Å². The summed E-state index contributed by atoms with van der Waals surface area (Å²) in [4.78, 5) is 14.0. The fourth-order valence-electron chi connectivity index (χ4n) is 5.18. The van der Waals surface area contributed by atoms with E-state index in [0.717, 1.165) is 35.7 Å². The van der Waals surface area contributed by atoms with Gasteiger partial charge in [-0.2, -0.15) is 4.31 Å². The Kier molecular flexibility index (Phi) is 13.6. The predicted octanol–water partition coefficient (Wildman–Crippen LogP) is 4.91. The third-order valence-electron chi connectivity index (χ3n) is 7.53. The maximum absolute atomic E-state index is 13.1. The highest BCUT2D eigenvalue weighted by Gasteiger charge is 2.33. The minimum Gasteiger partial charge on any atom is -0.399 e. The number of para-hydroxylation sites is 1. The molecule has 0 bridgehead atoms. The number of fused-ring (bicyclic) bond motifs is 1. The summed E-state index contributed by atoms with van der Waals surface area (Å²) in [5.41, 5.74) is 9.06. The van der Waals surface area contributed by atoms with Crippen molar-refractivity contribution in [2.45, 2.75) is 50.2 Å². The van der Waals surface area contributed by atoms with E-state index in [0.29, 0.717) is 18.8 Å². The molecular weight excluding hydrogens is 576 g/mol. The minimum absolute atomic E-state index is 0.0249. The number of rotatable bonds is 11. The number of aliphatic hydroxyl groups is 1. The number of aldehydes is 1. The maximum atomic E-state index is 13.1. The molecule has 1 atom stereocenters. The van der Waals surface area contributed by atoms with E-state index >= 15 is 0 Å². The first-order valence-corrected chi connectivity index (χ1v) is 16.3. The van der Waals surface area contributed by atoms with Crippen molar-refractivity contribution in [1.29, 1.82) is 0 Å². The minimum atomic E-state index is -3.80. The van der Waals surface area contributed by atoms with Gasteiger partial charge in [0, 0.05) is 42.5 Å². The fraction of sp³-hybridized carbons (Fsp3) is 0.382. The summed E-state index contributed by atoms with van der Waals surface area (Å²) in [6, 6.07) is 26.0. The van der Waals surface area contributed by atoms with E-state index in [4.69, 9.17) is 10.5 Å². The van der Waals surface area contributed by atoms with Crippen molar-refractivity contribution < 1.29 is 23.1 Å². The first-order valence-electron chi connectivity index (χ1n) is 14.8. The Morgan fingerprint density at radius 2 is 1.68 bits per heavy atom. The standard InChI is InChI=1S/C19H24N4O3S.C8H14O2.C7H8/c1-21-11-17(24)13-23(27(25,26)18-8-6-15(20)7-9-18)12-16-10-14-4-2-3-5-19(14)22-16;1-10-7-8(6-9)4-2-3-5-8;1-7-5-3-2-4-6-7/h2-10,17,21-22,24H,11-13,20H2,1H3;6H,2-5,7H2,1H3;2-6H,1H3. The molecule has 5 N–H and O–H groups in total. The number of hydrogen-bond acceptors (Lipinski definition) is 7. The molecule has 1 saturated carbocycles. The molecule has 238 valence electrons. The van der Waals surface area contributed by atoms with E-state index in [1.807, 2.05) is 48.5 Å². The van der Waals surface area contributed by atoms with Crippen molar-refractivity contribution in [2.24, 2.45) is 5.41 Å². The van der Waals surface area contributed by atoms with E-state index in [9.17, 15) is 18.3 Å². The number of methoxy groups -OCH3 is 1. The van der Waals surface area contributed by atoms with Crippen LogP contribution in [0.2, 0.25) is 0 Å². The average Bonchev–Trinajstić information content (AvgIpc) is 3.66. The second-order valence-corrected chi connectivity index (χ2v) is 13.2. The lowest BCUT2D eigenvalue weighted by Gasteiger charge is -2.24. The highest BCUT2D eigenvalue weighted by molar-refractivity contribution is 7.89. The molecule has 0 spiro atoms. The summed E-state index contributed by atoms with van der Waals surface area (Å²) >= 11 is 0. The number of aliphatic hydroxyl groups excluding tert-OH is 1. The third-order valence-corrected chi connectivity index (χ3v) is 9.35. The Balaban J connectivity index is 0.000000252. The highest BCUT2D eigenvalue weighted by Crippen LogP contribution is 2.36. The van der Waals surface area contributed by atoms with Crippen molar-refractivity contribution in [3.05, 3.63) is 96.2 Å². The number of sulfonamides is 1. The number of nitrogens with one attached hydrogen (secondary N) is 2. The lowest BCUT2D eigenvalue weighted by Crippen LogP contribution is -2.40. The van der Waals surface area contributed by atoms with Crippen LogP contribution in [0.25, 0.3) is 10.9 Å². The lowest BCUT2D eigenvalue weighted by atomic mass is 9.89. The second kappa shape index (κ2) is 17.1. The van der Waals surface area contributed by atoms with Crippen LogP contribution in [0.3, 0.4) is 0 Å². The van der Waals surface area contributed by atoms with Gasteiger partial charge >= 0.3 is 0 Å². The molecule has 9 nitrogen and oxygen atoms in total. The van der Waals surface area contributed by atoms with Gasteiger partial charge < -0.3 is 30.7 Å². The smallest absolute Gasteiger partial charge is 0.243 e. The Labute approximate surface area is 261 Å². The highest BCUT2D eigenvalue weighted by atomic mass is 32.2. The number of aromatic amines is 1. The Bertz CT molecular complexity index is 1490. The number of carbonyl (C=O) groups excluding carboxylic acids is 1. The van der Waals surface area contributed by atoms with Crippen molar-refractivity contribution in [3.8, 4) is 0 Å². The molecule has 44 heavy (non-hydrogen) atoms. The topological polar surface area (TPSA) is 138 Å². The number of ether oxygens (including phenoxy) is 1. The molecule has 0 radical (unpaired) electrons. The van der Waals surface area contributed by atoms with Crippen LogP contribution in [-0.2, 0) is 26.1 Å². The summed E-state index contributed by atoms with van der Waals surface area (Å²) < 4.78 is 32.6. The SMILES string of the molecule is CNCC(O)CN(Cc1cc2ccccc2[nH]1)S(=O)(=O)c1ccc(N)cc1.COCC1(C=O)CCCC1.Cc1ccccc1. The molecule has 0 amide bonds. The summed E-state index contributed by atoms with van der Waals surface area (Å²) in [7, 11) is -0.432. The van der Waals surface area contributed by atoms with Gasteiger partial charge in [0.1, 0.15) is 6.29 Å². The van der Waals surface area contributed by atoms with Gasteiger partial charge in [0.15, 0.2) is 0 Å². The Morgan fingerprint density at radius 3 is 2.23 bits per heavy atom. The van der Waals surface area contributed by atoms with Crippen molar-refractivity contribution in [1.82, 2.24) is 14.6 Å². The zero-order chi connectivity index (χ0) is 32.0. The number of hydrogen-bond donors (Lipinski definition) is 4. The number of likely N-dealkylation sites (N-methyl/N-ethyl adjacent to an activating group) is 1. The molecule has 0 saturated heterocycles. The number of aromatic nitrogens is 1. The van der Waals surface area contributed by atoms with E-state index in [1.165, 1.54) is 34.8 Å². The summed E-state index contributed by atoms with van der Waals surface area (Å²) in [5.74, 6) is 0. The number of nitrogens with two attached hydrogens (primary N) is 1. The summed E-state index contributed by atoms with van der Waals surface area (Å²) in [5, 5.41) is 14.1. The van der Waals surface area contributed by atoms with Gasteiger partial charge in [0.25, 0.3) is 0 Å². The lowest BCUT2D eigenvalue weighted by molar-refractivity contribution is -0.118. The van der Waals surface area contributed by atoms with Crippen LogP contribution in [0.1, 0.15) is 36.9 Å². The van der Waals surface area contributed by atoms with Crippen LogP contribution in [0, 0.1) is 12.3 Å². The number of carbonyl (C=O) groups is 1. The molecule has 1 unspecified atom stereocenters. The zero-order valence-corrected chi connectivity index (χ0v) is 26.7. The maximum Gasteiger partial charge on any atom is 0.243 e. The molecule has 1 aromatic heterocycles. The molecule has 4 aromatic rings. The Hall–Kier alpha value is -3.54. The number of benzene rings is 3. The fourth-order valence-corrected chi connectivity index (χ4v) is 6.63. The van der Waals surface area contributed by atoms with E-state index in [-0.39, 0.29) is 23.4 Å². The number of aryl methyl sites for hydroxylation is 1. The predicted molar refractivity (Wildman–Crippen MR) is 177 cm³/mol. The van der Waals surface area contributed by atoms with E-state index in [2.05, 4.69) is 29.4 Å². The normalized spacial score (nSPS) is 14.8. The van der Waals surface area contributed by atoms with Crippen LogP contribution in [0.5, 0.6) is 0 Å². The second-order valence-electron chi connectivity index (χ2n) is 11.2. The molecular formula is C34H46N4O5S. The largest absolute Gasteiger partial charge is 0.399 e. The first kappa shape index (κ1) is 34.9. The van der Waals surface area contributed by atoms with Gasteiger partial charge in [-0.3, -0.25) is 0 Å². The number of H-pyrrole nitrogens is 1. The Morgan fingerprint density at radius 1 is 1.05 bits per heavy atom. The zero-order valence-electron chi connectivity index (χ0n) is 25.9. The van der Waals surface area contributed by atoms with Crippen LogP contribution < -0.4 is 11.1 Å². The number of nitrogens with zero attached hydrogens (tertiary/aromatic N) is 1. The summed E-state index contributed by atoms with van der Waals surface area (Å²) in [6.45, 7) is 3.09. The van der Waals surface area contributed by atoms with Crippen molar-refractivity contribution >= 4 is 32.9 Å². The molecule has 3 aromatic carbocycles. The molecule has 10 heteroatoms. The third kappa shape index (κ3) is 10.3. The van der Waals surface area contributed by atoms with Crippen LogP contribution in [-0.4, -0.2) is 69.1 Å². The van der Waals surface area contributed by atoms with E-state index in [1.54, 1.807) is 26.3 Å². The molecule has 1 heterocycles. The van der Waals surface area contributed by atoms with Crippen molar-refractivity contribution in [2.75, 3.05) is 39.6 Å². The van der Waals surface area contributed by atoms with Gasteiger partial charge in [-0.05, 0) is 68.6 Å². The molecule has 1 aliphatic rings. The van der Waals surface area contributed by atoms with E-state index < -0.39 is 16.1 Å². The van der Waals surface area contributed by atoms with Gasteiger partial charge in [0.05, 0.1) is 24.2 Å².